The van der Waals surface area contributed by atoms with Gasteiger partial charge in [-0.3, -0.25) is 0 Å². The maximum absolute atomic E-state index is 5.56. The van der Waals surface area contributed by atoms with E-state index in [0.29, 0.717) is 11.4 Å². The summed E-state index contributed by atoms with van der Waals surface area (Å²) in [6.07, 6.45) is 4.12. The molecule has 0 aliphatic rings. The van der Waals surface area contributed by atoms with E-state index in [1.54, 1.807) is 27.7 Å². The van der Waals surface area contributed by atoms with Gasteiger partial charge in [0.1, 0.15) is 0 Å². The molecule has 0 spiro atoms. The van der Waals surface area contributed by atoms with Gasteiger partial charge in [0.05, 0.1) is 11.4 Å². The first-order valence-corrected chi connectivity index (χ1v) is 6.77. The number of hydrogen-bond donors (Lipinski definition) is 2. The van der Waals surface area contributed by atoms with Crippen LogP contribution in [0, 0.1) is 6.92 Å². The van der Waals surface area contributed by atoms with Crippen LogP contribution in [0.5, 0.6) is 0 Å². The summed E-state index contributed by atoms with van der Waals surface area (Å²) >= 11 is 0. The highest BCUT2D eigenvalue weighted by Crippen LogP contribution is 2.17. The van der Waals surface area contributed by atoms with Crippen molar-refractivity contribution in [3.05, 3.63) is 23.8 Å². The van der Waals surface area contributed by atoms with E-state index < -0.39 is 0 Å². The number of para-hydroxylation sites is 1. The Balaban J connectivity index is 0.000000310. The first kappa shape index (κ1) is 12.5. The molecule has 2 nitrogen and oxygen atoms in total. The van der Waals surface area contributed by atoms with Crippen LogP contribution < -0.4 is 11.5 Å². The molecule has 13 heavy (non-hydrogen) atoms. The highest BCUT2D eigenvalue weighted by Gasteiger charge is 1.93. The summed E-state index contributed by atoms with van der Waals surface area (Å²) in [7, 11) is 3.55. The molecule has 0 bridgehead atoms. The van der Waals surface area contributed by atoms with Gasteiger partial charge in [-0.05, 0) is 31.1 Å². The van der Waals surface area contributed by atoms with E-state index in [1.807, 2.05) is 19.1 Å². The molecule has 1 aromatic rings. The third-order valence-corrected chi connectivity index (χ3v) is 2.86. The van der Waals surface area contributed by atoms with Crippen molar-refractivity contribution < 1.29 is 0 Å². The Morgan fingerprint density at radius 1 is 1.08 bits per heavy atom. The smallest absolute Gasteiger partial charge is 0.0577 e. The molecule has 74 valence electrons. The Labute approximate surface area is 87.9 Å². The van der Waals surface area contributed by atoms with Crippen molar-refractivity contribution in [2.45, 2.75) is 6.92 Å². The molecular weight excluding hydrogens is 200 g/mol. The van der Waals surface area contributed by atoms with E-state index in [1.165, 1.54) is 0 Å². The Kier molecular flexibility index (Phi) is 6.72. The minimum absolute atomic E-state index is 0.662. The Hall–Kier alpha value is -0.480. The van der Waals surface area contributed by atoms with Crippen LogP contribution in [0.25, 0.3) is 0 Å². The van der Waals surface area contributed by atoms with Crippen molar-refractivity contribution in [2.24, 2.45) is 0 Å². The van der Waals surface area contributed by atoms with Crippen LogP contribution in [0.3, 0.4) is 0 Å². The van der Waals surface area contributed by atoms with Crippen LogP contribution in [0.4, 0.5) is 11.4 Å². The maximum atomic E-state index is 5.56. The molecule has 0 saturated carbocycles. The lowest BCUT2D eigenvalue weighted by molar-refractivity contribution is 1.47. The SMILES string of the molecule is CSSC.Cc1cccc(N)c1N. The zero-order valence-corrected chi connectivity index (χ0v) is 9.84. The van der Waals surface area contributed by atoms with E-state index in [0.717, 1.165) is 5.56 Å². The van der Waals surface area contributed by atoms with Crippen molar-refractivity contribution in [1.82, 2.24) is 0 Å². The van der Waals surface area contributed by atoms with E-state index >= 15 is 0 Å². The molecule has 4 heteroatoms. The summed E-state index contributed by atoms with van der Waals surface area (Å²) in [5.41, 5.74) is 13.4. The van der Waals surface area contributed by atoms with Gasteiger partial charge >= 0.3 is 0 Å². The summed E-state index contributed by atoms with van der Waals surface area (Å²) in [5, 5.41) is 0. The predicted molar refractivity (Wildman–Crippen MR) is 67.0 cm³/mol. The van der Waals surface area contributed by atoms with Crippen molar-refractivity contribution in [3.63, 3.8) is 0 Å². The highest BCUT2D eigenvalue weighted by atomic mass is 33.1. The van der Waals surface area contributed by atoms with Gasteiger partial charge in [-0.1, -0.05) is 33.7 Å². The topological polar surface area (TPSA) is 52.0 Å². The average molecular weight is 216 g/mol. The lowest BCUT2D eigenvalue weighted by atomic mass is 10.2. The van der Waals surface area contributed by atoms with Crippen molar-refractivity contribution in [2.75, 3.05) is 24.0 Å². The molecule has 0 fully saturated rings. The highest BCUT2D eigenvalue weighted by molar-refractivity contribution is 8.76. The van der Waals surface area contributed by atoms with Gasteiger partial charge in [0.15, 0.2) is 0 Å². The molecule has 1 rings (SSSR count). The van der Waals surface area contributed by atoms with Gasteiger partial charge in [-0.25, -0.2) is 0 Å². The number of rotatable bonds is 1. The maximum Gasteiger partial charge on any atom is 0.0577 e. The quantitative estimate of drug-likeness (QED) is 0.560. The van der Waals surface area contributed by atoms with Crippen LogP contribution in [0.1, 0.15) is 5.56 Å². The van der Waals surface area contributed by atoms with Crippen LogP contribution >= 0.6 is 21.6 Å². The van der Waals surface area contributed by atoms with Gasteiger partial charge in [-0.15, -0.1) is 0 Å². The number of anilines is 2. The third kappa shape index (κ3) is 4.95. The van der Waals surface area contributed by atoms with Crippen molar-refractivity contribution in [1.29, 1.82) is 0 Å². The lowest BCUT2D eigenvalue weighted by Crippen LogP contribution is -1.95. The van der Waals surface area contributed by atoms with E-state index in [-0.39, 0.29) is 0 Å². The second kappa shape index (κ2) is 6.97. The Bertz CT molecular complexity index is 229. The standard InChI is InChI=1S/C7H10N2.C2H6S2/c1-5-3-2-4-6(8)7(5)9;1-3-4-2/h2-4H,8-9H2,1H3;1-2H3. The normalized spacial score (nSPS) is 8.85. The van der Waals surface area contributed by atoms with E-state index in [2.05, 4.69) is 12.5 Å². The fraction of sp³-hybridized carbons (Fsp3) is 0.333. The molecule has 0 aliphatic heterocycles. The summed E-state index contributed by atoms with van der Waals surface area (Å²) in [4.78, 5) is 0. The molecule has 4 N–H and O–H groups in total. The van der Waals surface area contributed by atoms with Gasteiger partial charge in [-0.2, -0.15) is 0 Å². The molecular formula is C9H16N2S2. The van der Waals surface area contributed by atoms with Gasteiger partial charge < -0.3 is 11.5 Å². The first-order chi connectivity index (χ1) is 6.13. The Morgan fingerprint density at radius 2 is 1.62 bits per heavy atom. The molecule has 0 aromatic heterocycles. The number of nitrogen functional groups attached to an aromatic ring is 2. The zero-order chi connectivity index (χ0) is 10.3. The molecule has 0 unspecified atom stereocenters. The van der Waals surface area contributed by atoms with Crippen molar-refractivity contribution in [3.8, 4) is 0 Å². The monoisotopic (exact) mass is 216 g/mol. The number of nitrogens with two attached hydrogens (primary N) is 2. The molecule has 0 atom stereocenters. The minimum Gasteiger partial charge on any atom is -0.397 e. The molecule has 1 aromatic carbocycles. The van der Waals surface area contributed by atoms with Gasteiger partial charge in [0, 0.05) is 0 Å². The summed E-state index contributed by atoms with van der Waals surface area (Å²) in [6.45, 7) is 1.94. The van der Waals surface area contributed by atoms with Crippen LogP contribution in [-0.2, 0) is 0 Å². The molecule has 0 saturated heterocycles. The largest absolute Gasteiger partial charge is 0.397 e. The van der Waals surface area contributed by atoms with E-state index in [9.17, 15) is 0 Å². The van der Waals surface area contributed by atoms with Gasteiger partial charge in [0.2, 0.25) is 0 Å². The van der Waals surface area contributed by atoms with Crippen LogP contribution in [0.15, 0.2) is 18.2 Å². The fourth-order valence-corrected chi connectivity index (χ4v) is 0.703. The lowest BCUT2D eigenvalue weighted by Gasteiger charge is -2.00. The molecule has 0 aliphatic carbocycles. The van der Waals surface area contributed by atoms with E-state index in [4.69, 9.17) is 11.5 Å². The predicted octanol–water partition coefficient (Wildman–Crippen LogP) is 2.79. The molecule has 0 amide bonds. The van der Waals surface area contributed by atoms with Crippen molar-refractivity contribution >= 4 is 33.0 Å². The second-order valence-electron chi connectivity index (χ2n) is 2.41. The van der Waals surface area contributed by atoms with Crippen LogP contribution in [0.2, 0.25) is 0 Å². The molecule has 0 heterocycles. The summed E-state index contributed by atoms with van der Waals surface area (Å²) < 4.78 is 0. The van der Waals surface area contributed by atoms with Crippen LogP contribution in [-0.4, -0.2) is 12.5 Å². The zero-order valence-electron chi connectivity index (χ0n) is 8.20. The summed E-state index contributed by atoms with van der Waals surface area (Å²) in [6, 6.07) is 5.62. The van der Waals surface area contributed by atoms with Gasteiger partial charge in [0.25, 0.3) is 0 Å². The molecule has 0 radical (unpaired) electrons. The fourth-order valence-electron chi connectivity index (χ4n) is 0.703. The average Bonchev–Trinajstić information content (AvgIpc) is 2.14. The first-order valence-electron chi connectivity index (χ1n) is 3.80. The number of hydrogen-bond acceptors (Lipinski definition) is 4. The minimum atomic E-state index is 0.662. The third-order valence-electron chi connectivity index (χ3n) is 1.52. The number of benzene rings is 1. The second-order valence-corrected chi connectivity index (χ2v) is 5.08. The number of aryl methyl sites for hydroxylation is 1. The Morgan fingerprint density at radius 3 is 1.92 bits per heavy atom. The summed E-state index contributed by atoms with van der Waals surface area (Å²) in [5.74, 6) is 0.